The molecule has 0 fully saturated rings. The fourth-order valence-electron chi connectivity index (χ4n) is 3.00. The Morgan fingerprint density at radius 2 is 1.68 bits per heavy atom. The van der Waals surface area contributed by atoms with Crippen LogP contribution in [-0.4, -0.2) is 6.71 Å². The van der Waals surface area contributed by atoms with Crippen molar-refractivity contribution in [3.8, 4) is 0 Å². The first kappa shape index (κ1) is 16.8. The van der Waals surface area contributed by atoms with E-state index in [0.29, 0.717) is 0 Å². The van der Waals surface area contributed by atoms with Gasteiger partial charge in [-0.2, -0.15) is 0 Å². The Morgan fingerprint density at radius 3 is 2.23 bits per heavy atom. The second kappa shape index (κ2) is 7.10. The molecular formula is C19H23BOS. The van der Waals surface area contributed by atoms with Gasteiger partial charge in [0.1, 0.15) is 5.76 Å². The van der Waals surface area contributed by atoms with Crippen LogP contribution < -0.4 is 0 Å². The second-order valence-corrected chi connectivity index (χ2v) is 6.55. The monoisotopic (exact) mass is 310 g/mol. The molecule has 0 saturated heterocycles. The van der Waals surface area contributed by atoms with Gasteiger partial charge in [-0.15, -0.1) is 0 Å². The fraction of sp³-hybridized carbons (Fsp3) is 0.263. The second-order valence-electron chi connectivity index (χ2n) is 5.30. The quantitative estimate of drug-likeness (QED) is 0.598. The van der Waals surface area contributed by atoms with Gasteiger partial charge in [-0.3, -0.25) is 0 Å². The predicted octanol–water partition coefficient (Wildman–Crippen LogP) is 5.92. The highest BCUT2D eigenvalue weighted by Gasteiger charge is 2.39. The SMILES string of the molecule is C=CC1=C2B(C(/C=C\C)=C(C)O1)C(/C=C\C)=C(C)S/C2=C/C. The van der Waals surface area contributed by atoms with E-state index >= 15 is 0 Å². The van der Waals surface area contributed by atoms with E-state index in [1.807, 2.05) is 31.7 Å². The molecule has 0 unspecified atom stereocenters. The van der Waals surface area contributed by atoms with Crippen LogP contribution in [0.3, 0.4) is 0 Å². The Labute approximate surface area is 139 Å². The first-order valence-corrected chi connectivity index (χ1v) is 8.46. The van der Waals surface area contributed by atoms with Crippen LogP contribution in [-0.2, 0) is 4.74 Å². The normalized spacial score (nSPS) is 21.3. The maximum atomic E-state index is 6.05. The van der Waals surface area contributed by atoms with E-state index in [-0.39, 0.29) is 6.71 Å². The zero-order valence-electron chi connectivity index (χ0n) is 14.1. The van der Waals surface area contributed by atoms with Crippen molar-refractivity contribution in [2.75, 3.05) is 0 Å². The van der Waals surface area contributed by atoms with Gasteiger partial charge < -0.3 is 4.74 Å². The molecule has 0 aromatic heterocycles. The molecular weight excluding hydrogens is 287 g/mol. The van der Waals surface area contributed by atoms with Gasteiger partial charge in [0.25, 0.3) is 6.71 Å². The molecule has 3 heteroatoms. The van der Waals surface area contributed by atoms with Gasteiger partial charge in [-0.1, -0.05) is 54.2 Å². The lowest BCUT2D eigenvalue weighted by atomic mass is 9.33. The average molecular weight is 310 g/mol. The standard InChI is InChI=1S/C19H23BOS/c1-7-11-15-13(5)21-17(9-3)19-18(10-4)22-14(6)16(12-8-2)20(15)19/h7-12H,3H2,1-2,4-6H3/b11-7-,12-8-,18-10+. The fourth-order valence-corrected chi connectivity index (χ4v) is 4.08. The van der Waals surface area contributed by atoms with Gasteiger partial charge in [0.2, 0.25) is 0 Å². The molecule has 0 radical (unpaired) electrons. The number of hydrogen-bond donors (Lipinski definition) is 0. The summed E-state index contributed by atoms with van der Waals surface area (Å²) in [5.74, 6) is 1.84. The average Bonchev–Trinajstić information content (AvgIpc) is 2.51. The van der Waals surface area contributed by atoms with Gasteiger partial charge in [0, 0.05) is 4.91 Å². The van der Waals surface area contributed by atoms with E-state index in [9.17, 15) is 0 Å². The van der Waals surface area contributed by atoms with Crippen molar-refractivity contribution in [1.82, 2.24) is 0 Å². The molecule has 0 spiro atoms. The highest BCUT2D eigenvalue weighted by molar-refractivity contribution is 8.07. The van der Waals surface area contributed by atoms with E-state index in [4.69, 9.17) is 4.74 Å². The van der Waals surface area contributed by atoms with Crippen LogP contribution in [0.5, 0.6) is 0 Å². The van der Waals surface area contributed by atoms with Crippen LogP contribution in [0.25, 0.3) is 0 Å². The summed E-state index contributed by atoms with van der Waals surface area (Å²) in [6.07, 6.45) is 12.6. The van der Waals surface area contributed by atoms with Crippen molar-refractivity contribution in [1.29, 1.82) is 0 Å². The van der Waals surface area contributed by atoms with Gasteiger partial charge >= 0.3 is 0 Å². The Kier molecular flexibility index (Phi) is 5.41. The first-order valence-electron chi connectivity index (χ1n) is 7.64. The summed E-state index contributed by atoms with van der Waals surface area (Å²) in [6, 6.07) is 0. The Hall–Kier alpha value is -1.61. The van der Waals surface area contributed by atoms with Crippen molar-refractivity contribution in [3.63, 3.8) is 0 Å². The summed E-state index contributed by atoms with van der Waals surface area (Å²) in [5.41, 5.74) is 3.82. The zero-order valence-corrected chi connectivity index (χ0v) is 14.9. The highest BCUT2D eigenvalue weighted by atomic mass is 32.2. The number of rotatable bonds is 3. The number of thioether (sulfide) groups is 1. The van der Waals surface area contributed by atoms with Crippen molar-refractivity contribution in [2.45, 2.75) is 34.6 Å². The lowest BCUT2D eigenvalue weighted by molar-refractivity contribution is 0.316. The topological polar surface area (TPSA) is 9.23 Å². The van der Waals surface area contributed by atoms with E-state index in [0.717, 1.165) is 11.5 Å². The van der Waals surface area contributed by atoms with Gasteiger partial charge in [-0.05, 0) is 56.5 Å². The molecule has 0 aliphatic carbocycles. The molecule has 0 saturated carbocycles. The lowest BCUT2D eigenvalue weighted by Gasteiger charge is -2.34. The molecule has 22 heavy (non-hydrogen) atoms. The van der Waals surface area contributed by atoms with Crippen LogP contribution >= 0.6 is 11.8 Å². The summed E-state index contributed by atoms with van der Waals surface area (Å²) in [4.78, 5) is 2.61. The van der Waals surface area contributed by atoms with Crippen molar-refractivity contribution >= 4 is 18.5 Å². The third-order valence-corrected chi connectivity index (χ3v) is 5.14. The number of hydrogen-bond acceptors (Lipinski definition) is 2. The lowest BCUT2D eigenvalue weighted by Crippen LogP contribution is -2.32. The van der Waals surface area contributed by atoms with E-state index in [1.165, 1.54) is 26.2 Å². The van der Waals surface area contributed by atoms with Gasteiger partial charge in [0.15, 0.2) is 0 Å². The number of fused-ring (bicyclic) bond motifs is 1. The van der Waals surface area contributed by atoms with E-state index < -0.39 is 0 Å². The predicted molar refractivity (Wildman–Crippen MR) is 100 cm³/mol. The molecule has 2 rings (SSSR count). The third-order valence-electron chi connectivity index (χ3n) is 3.92. The number of ether oxygens (including phenoxy) is 1. The zero-order chi connectivity index (χ0) is 16.3. The molecule has 1 nitrogen and oxygen atoms in total. The van der Waals surface area contributed by atoms with Crippen LogP contribution in [0, 0.1) is 0 Å². The minimum absolute atomic E-state index is 0.224. The molecule has 0 aromatic rings. The summed E-state index contributed by atoms with van der Waals surface area (Å²) >= 11 is 1.82. The van der Waals surface area contributed by atoms with Crippen LogP contribution in [0.1, 0.15) is 34.6 Å². The van der Waals surface area contributed by atoms with E-state index in [2.05, 4.69) is 57.7 Å². The molecule has 0 bridgehead atoms. The van der Waals surface area contributed by atoms with Crippen LogP contribution in [0.2, 0.25) is 0 Å². The minimum atomic E-state index is 0.224. The molecule has 0 atom stereocenters. The Bertz CT molecular complexity index is 672. The van der Waals surface area contributed by atoms with Gasteiger partial charge in [0.05, 0.1) is 5.76 Å². The Balaban J connectivity index is 2.79. The maximum absolute atomic E-state index is 6.05. The van der Waals surface area contributed by atoms with Crippen LogP contribution in [0.4, 0.5) is 0 Å². The summed E-state index contributed by atoms with van der Waals surface area (Å²) in [5, 5.41) is 0. The smallest absolute Gasteiger partial charge is 0.252 e. The van der Waals surface area contributed by atoms with Crippen molar-refractivity contribution < 1.29 is 4.74 Å². The van der Waals surface area contributed by atoms with E-state index in [1.54, 1.807) is 0 Å². The molecule has 2 heterocycles. The molecule has 0 aromatic carbocycles. The molecule has 0 amide bonds. The van der Waals surface area contributed by atoms with Crippen molar-refractivity contribution in [3.05, 3.63) is 80.8 Å². The molecule has 2 aliphatic heterocycles. The molecule has 2 aliphatic rings. The maximum Gasteiger partial charge on any atom is 0.252 e. The highest BCUT2D eigenvalue weighted by Crippen LogP contribution is 2.47. The van der Waals surface area contributed by atoms with Crippen LogP contribution in [0.15, 0.2) is 80.8 Å². The Morgan fingerprint density at radius 1 is 1.05 bits per heavy atom. The minimum Gasteiger partial charge on any atom is -0.463 e. The summed E-state index contributed by atoms with van der Waals surface area (Å²) in [6.45, 7) is 14.6. The van der Waals surface area contributed by atoms with Gasteiger partial charge in [-0.25, -0.2) is 0 Å². The molecule has 114 valence electrons. The third kappa shape index (κ3) is 2.82. The first-order chi connectivity index (χ1) is 10.6. The summed E-state index contributed by atoms with van der Waals surface area (Å²) < 4.78 is 6.05. The van der Waals surface area contributed by atoms with Crippen molar-refractivity contribution in [2.24, 2.45) is 0 Å². The largest absolute Gasteiger partial charge is 0.463 e. The summed E-state index contributed by atoms with van der Waals surface area (Å²) in [7, 11) is 0. The number of allylic oxidation sites excluding steroid dienone is 11. The molecule has 0 N–H and O–H groups in total.